The van der Waals surface area contributed by atoms with E-state index in [4.69, 9.17) is 9.97 Å². The summed E-state index contributed by atoms with van der Waals surface area (Å²) in [5, 5.41) is 1.89. The second-order valence-electron chi connectivity index (χ2n) is 9.58. The zero-order valence-corrected chi connectivity index (χ0v) is 20.9. The summed E-state index contributed by atoms with van der Waals surface area (Å²) < 4.78 is 0. The van der Waals surface area contributed by atoms with E-state index in [-0.39, 0.29) is 11.3 Å². The lowest BCUT2D eigenvalue weighted by Crippen LogP contribution is -2.73. The average molecular weight is 513 g/mol. The van der Waals surface area contributed by atoms with Gasteiger partial charge in [-0.05, 0) is 42.1 Å². The number of anilines is 3. The number of carbonyl (C=O) groups is 3. The lowest BCUT2D eigenvalue weighted by Gasteiger charge is -2.60. The molecule has 9 nitrogen and oxygen atoms in total. The molecule has 0 bridgehead atoms. The Morgan fingerprint density at radius 1 is 1.00 bits per heavy atom. The van der Waals surface area contributed by atoms with Crippen molar-refractivity contribution >= 4 is 52.3 Å². The smallest absolute Gasteiger partial charge is 0.290 e. The molecule has 0 saturated carbocycles. The lowest BCUT2D eigenvalue weighted by molar-refractivity contribution is -0.115. The molecule has 3 amide bonds. The number of hydrogen-bond donors (Lipinski definition) is 1. The van der Waals surface area contributed by atoms with Crippen molar-refractivity contribution in [3.05, 3.63) is 82.9 Å². The normalized spacial score (nSPS) is 19.0. The summed E-state index contributed by atoms with van der Waals surface area (Å²) in [6.07, 6.45) is 1.62. The van der Waals surface area contributed by atoms with Crippen molar-refractivity contribution in [1.82, 2.24) is 20.2 Å². The second-order valence-corrected chi connectivity index (χ2v) is 10.6. The molecule has 1 spiro atoms. The Morgan fingerprint density at radius 2 is 1.68 bits per heavy atom. The van der Waals surface area contributed by atoms with Gasteiger partial charge in [-0.3, -0.25) is 19.7 Å². The lowest BCUT2D eigenvalue weighted by atomic mass is 9.72. The fraction of sp³-hybridized carbons (Fsp3) is 0.222. The van der Waals surface area contributed by atoms with E-state index in [9.17, 15) is 14.4 Å². The highest BCUT2D eigenvalue weighted by Crippen LogP contribution is 2.42. The Bertz CT molecular complexity index is 1410. The maximum atomic E-state index is 12.7. The Morgan fingerprint density at radius 3 is 2.32 bits per heavy atom. The summed E-state index contributed by atoms with van der Waals surface area (Å²) in [6, 6.07) is 21.0. The van der Waals surface area contributed by atoms with Crippen LogP contribution in [0.5, 0.6) is 0 Å². The van der Waals surface area contributed by atoms with E-state index in [1.165, 1.54) is 0 Å². The largest absolute Gasteiger partial charge is 0.339 e. The molecule has 0 unspecified atom stereocenters. The van der Waals surface area contributed by atoms with Gasteiger partial charge in [-0.2, -0.15) is 4.98 Å². The summed E-state index contributed by atoms with van der Waals surface area (Å²) in [4.78, 5) is 52.3. The van der Waals surface area contributed by atoms with Gasteiger partial charge in [-0.25, -0.2) is 4.98 Å². The van der Waals surface area contributed by atoms with E-state index in [1.54, 1.807) is 12.1 Å². The number of hydrogen-bond acceptors (Lipinski definition) is 8. The minimum Gasteiger partial charge on any atom is -0.339 e. The third-order valence-electron chi connectivity index (χ3n) is 6.82. The SMILES string of the molecule is CN(c1ccccc1)c1cc(/C=C2/SC(=O)NC2=O)nc(N2CC3(CN(C(=O)c4ccccc4)C3)C2)n1. The zero-order valence-electron chi connectivity index (χ0n) is 20.1. The van der Waals surface area contributed by atoms with Gasteiger partial charge in [0.15, 0.2) is 0 Å². The standard InChI is InChI=1S/C27H24N6O3S/c1-31(20-10-6-3-7-11-20)22-13-19(12-21-23(34)30-26(36)37-21)28-25(29-22)33-16-27(17-33)14-32(15-27)24(35)18-8-4-2-5-9-18/h2-13H,14-17H2,1H3,(H,30,34,36)/b21-12+. The van der Waals surface area contributed by atoms with Crippen LogP contribution in [-0.2, 0) is 4.79 Å². The molecule has 0 radical (unpaired) electrons. The van der Waals surface area contributed by atoms with Crippen LogP contribution in [0.25, 0.3) is 6.08 Å². The Kier molecular flexibility index (Phi) is 5.68. The third-order valence-corrected chi connectivity index (χ3v) is 7.64. The highest BCUT2D eigenvalue weighted by atomic mass is 32.2. The van der Waals surface area contributed by atoms with Crippen LogP contribution < -0.4 is 15.1 Å². The van der Waals surface area contributed by atoms with Crippen LogP contribution in [0.3, 0.4) is 0 Å². The number of nitrogens with one attached hydrogen (secondary N) is 1. The molecule has 37 heavy (non-hydrogen) atoms. The molecule has 3 aromatic rings. The molecule has 2 aromatic carbocycles. The molecule has 0 aliphatic carbocycles. The zero-order chi connectivity index (χ0) is 25.6. The molecule has 1 N–H and O–H groups in total. The summed E-state index contributed by atoms with van der Waals surface area (Å²) in [5.74, 6) is 0.866. The van der Waals surface area contributed by atoms with Gasteiger partial charge in [0.1, 0.15) is 5.82 Å². The first-order chi connectivity index (χ1) is 17.9. The second kappa shape index (κ2) is 9.04. The maximum Gasteiger partial charge on any atom is 0.290 e. The number of para-hydroxylation sites is 1. The van der Waals surface area contributed by atoms with E-state index in [0.29, 0.717) is 41.0 Å². The van der Waals surface area contributed by atoms with Gasteiger partial charge in [-0.1, -0.05) is 36.4 Å². The first-order valence-electron chi connectivity index (χ1n) is 11.9. The fourth-order valence-electron chi connectivity index (χ4n) is 4.94. The Hall–Kier alpha value is -4.18. The molecule has 3 saturated heterocycles. The van der Waals surface area contributed by atoms with Crippen LogP contribution in [0.4, 0.5) is 22.2 Å². The Labute approximate surface area is 218 Å². The van der Waals surface area contributed by atoms with E-state index in [1.807, 2.05) is 77.5 Å². The van der Waals surface area contributed by atoms with Crippen LogP contribution in [0.2, 0.25) is 0 Å². The summed E-state index contributed by atoms with van der Waals surface area (Å²) >= 11 is 0.863. The predicted octanol–water partition coefficient (Wildman–Crippen LogP) is 3.53. The van der Waals surface area contributed by atoms with Gasteiger partial charge in [0.05, 0.1) is 10.6 Å². The van der Waals surface area contributed by atoms with Gasteiger partial charge in [0, 0.05) is 56.0 Å². The number of imide groups is 1. The van der Waals surface area contributed by atoms with Crippen molar-refractivity contribution in [2.75, 3.05) is 43.0 Å². The van der Waals surface area contributed by atoms with Crippen LogP contribution in [0.15, 0.2) is 71.6 Å². The number of amides is 3. The van der Waals surface area contributed by atoms with Crippen LogP contribution in [0.1, 0.15) is 16.1 Å². The highest BCUT2D eigenvalue weighted by molar-refractivity contribution is 8.18. The van der Waals surface area contributed by atoms with Crippen molar-refractivity contribution < 1.29 is 14.4 Å². The van der Waals surface area contributed by atoms with Crippen molar-refractivity contribution in [1.29, 1.82) is 0 Å². The number of aromatic nitrogens is 2. The van der Waals surface area contributed by atoms with Crippen LogP contribution in [0, 0.1) is 5.41 Å². The number of likely N-dealkylation sites (tertiary alicyclic amines) is 1. The van der Waals surface area contributed by atoms with Crippen LogP contribution >= 0.6 is 11.8 Å². The van der Waals surface area contributed by atoms with Crippen molar-refractivity contribution in [3.63, 3.8) is 0 Å². The van der Waals surface area contributed by atoms with Gasteiger partial charge < -0.3 is 14.7 Å². The number of carbonyl (C=O) groups excluding carboxylic acids is 3. The van der Waals surface area contributed by atoms with Crippen LogP contribution in [-0.4, -0.2) is 65.1 Å². The molecular weight excluding hydrogens is 488 g/mol. The molecule has 0 atom stereocenters. The predicted molar refractivity (Wildman–Crippen MR) is 143 cm³/mol. The topological polar surface area (TPSA) is 98.7 Å². The molecule has 3 fully saturated rings. The number of thioether (sulfide) groups is 1. The average Bonchev–Trinajstić information content (AvgIpc) is 3.18. The van der Waals surface area contributed by atoms with Gasteiger partial charge in [0.25, 0.3) is 17.1 Å². The monoisotopic (exact) mass is 512 g/mol. The maximum absolute atomic E-state index is 12.7. The first kappa shape index (κ1) is 23.2. The molecule has 1 aromatic heterocycles. The molecule has 4 heterocycles. The minimum atomic E-state index is -0.423. The summed E-state index contributed by atoms with van der Waals surface area (Å²) in [7, 11) is 1.93. The van der Waals surface area contributed by atoms with Crippen molar-refractivity contribution in [2.24, 2.45) is 5.41 Å². The number of rotatable bonds is 5. The molecule has 186 valence electrons. The summed E-state index contributed by atoms with van der Waals surface area (Å²) in [5.41, 5.74) is 2.26. The fourth-order valence-corrected chi connectivity index (χ4v) is 5.61. The molecule has 10 heteroatoms. The van der Waals surface area contributed by atoms with E-state index < -0.39 is 11.1 Å². The third kappa shape index (κ3) is 4.44. The van der Waals surface area contributed by atoms with E-state index >= 15 is 0 Å². The van der Waals surface area contributed by atoms with Crippen molar-refractivity contribution in [2.45, 2.75) is 0 Å². The van der Waals surface area contributed by atoms with Crippen molar-refractivity contribution in [3.8, 4) is 0 Å². The molecule has 6 rings (SSSR count). The van der Waals surface area contributed by atoms with Gasteiger partial charge in [0.2, 0.25) is 5.95 Å². The number of benzene rings is 2. The van der Waals surface area contributed by atoms with Gasteiger partial charge in [-0.15, -0.1) is 0 Å². The van der Waals surface area contributed by atoms with Gasteiger partial charge >= 0.3 is 0 Å². The quantitative estimate of drug-likeness (QED) is 0.519. The molecular formula is C27H24N6O3S. The summed E-state index contributed by atoms with van der Waals surface area (Å²) in [6.45, 7) is 2.90. The molecule has 3 aliphatic rings. The minimum absolute atomic E-state index is 0.0430. The van der Waals surface area contributed by atoms with E-state index in [2.05, 4.69) is 10.2 Å². The molecule has 3 aliphatic heterocycles. The van der Waals surface area contributed by atoms with E-state index in [0.717, 1.165) is 30.5 Å². The Balaban J connectivity index is 1.22. The number of nitrogens with zero attached hydrogens (tertiary/aromatic N) is 5. The highest BCUT2D eigenvalue weighted by Gasteiger charge is 2.54. The first-order valence-corrected chi connectivity index (χ1v) is 12.7.